The van der Waals surface area contributed by atoms with E-state index >= 15 is 0 Å². The van der Waals surface area contributed by atoms with E-state index in [0.29, 0.717) is 22.8 Å². The normalized spacial score (nSPS) is 17.7. The van der Waals surface area contributed by atoms with Crippen molar-refractivity contribution < 1.29 is 28.6 Å². The molecule has 0 saturated carbocycles. The molecule has 31 heavy (non-hydrogen) atoms. The lowest BCUT2D eigenvalue weighted by molar-refractivity contribution is -0.140. The molecule has 1 N–H and O–H groups in total. The summed E-state index contributed by atoms with van der Waals surface area (Å²) in [4.78, 5) is 27.5. The Morgan fingerprint density at radius 1 is 0.968 bits per heavy atom. The number of Topliss-reactive ketones (excluding diaryl/α,β-unsaturated/α-hetero) is 1. The fourth-order valence-corrected chi connectivity index (χ4v) is 3.81. The van der Waals surface area contributed by atoms with Crippen LogP contribution in [0.2, 0.25) is 0 Å². The van der Waals surface area contributed by atoms with Crippen molar-refractivity contribution in [2.75, 3.05) is 14.2 Å². The number of aliphatic hydroxyl groups excluding tert-OH is 1. The maximum absolute atomic E-state index is 13.1. The molecule has 1 amide bonds. The Kier molecular flexibility index (Phi) is 5.49. The lowest BCUT2D eigenvalue weighted by atomic mass is 9.94. The highest BCUT2D eigenvalue weighted by Crippen LogP contribution is 2.43. The Morgan fingerprint density at radius 2 is 1.65 bits per heavy atom. The molecule has 0 aliphatic carbocycles. The molecule has 1 saturated heterocycles. The monoisotopic (exact) mass is 419 g/mol. The van der Waals surface area contributed by atoms with Gasteiger partial charge in [0.15, 0.2) is 0 Å². The number of furan rings is 1. The number of ketones is 1. The minimum absolute atomic E-state index is 0.0365. The van der Waals surface area contributed by atoms with E-state index in [1.54, 1.807) is 42.5 Å². The maximum atomic E-state index is 13.1. The summed E-state index contributed by atoms with van der Waals surface area (Å²) < 4.78 is 16.2. The highest BCUT2D eigenvalue weighted by Gasteiger charge is 2.46. The molecular weight excluding hydrogens is 398 g/mol. The zero-order chi connectivity index (χ0) is 22.0. The van der Waals surface area contributed by atoms with Gasteiger partial charge in [0, 0.05) is 0 Å². The van der Waals surface area contributed by atoms with Crippen LogP contribution >= 0.6 is 0 Å². The van der Waals surface area contributed by atoms with Crippen molar-refractivity contribution in [2.45, 2.75) is 12.6 Å². The zero-order valence-electron chi connectivity index (χ0n) is 17.1. The largest absolute Gasteiger partial charge is 0.506 e. The number of hydrogen-bond donors (Lipinski definition) is 1. The van der Waals surface area contributed by atoms with Crippen LogP contribution in [0.4, 0.5) is 0 Å². The fourth-order valence-electron chi connectivity index (χ4n) is 3.81. The Labute approximate surface area is 179 Å². The number of carbonyl (C=O) groups excluding carboxylic acids is 2. The first-order valence-electron chi connectivity index (χ1n) is 9.64. The standard InChI is InChI=1S/C24H21NO6/c1-29-17-11-6-12-18(30-2)19(17)22(26)20-21(15-8-4-3-5-9-15)25(24(28)23(20)27)14-16-10-7-13-31-16/h3-13,21,26H,14H2,1-2H3/b22-20+. The number of carbonyl (C=O) groups is 2. The van der Waals surface area contributed by atoms with Crippen LogP contribution in [-0.2, 0) is 16.1 Å². The van der Waals surface area contributed by atoms with E-state index in [0.717, 1.165) is 0 Å². The van der Waals surface area contributed by atoms with Crippen molar-refractivity contribution in [1.29, 1.82) is 0 Å². The van der Waals surface area contributed by atoms with Crippen molar-refractivity contribution in [3.05, 3.63) is 89.4 Å². The molecule has 0 bridgehead atoms. The molecule has 1 aromatic heterocycles. The molecule has 7 nitrogen and oxygen atoms in total. The molecule has 158 valence electrons. The van der Waals surface area contributed by atoms with Gasteiger partial charge < -0.3 is 23.9 Å². The molecule has 7 heteroatoms. The summed E-state index contributed by atoms with van der Waals surface area (Å²) >= 11 is 0. The van der Waals surface area contributed by atoms with Gasteiger partial charge in [-0.25, -0.2) is 0 Å². The average Bonchev–Trinajstić information content (AvgIpc) is 3.41. The van der Waals surface area contributed by atoms with Gasteiger partial charge in [0.2, 0.25) is 0 Å². The molecule has 1 aliphatic heterocycles. The molecule has 0 radical (unpaired) electrons. The van der Waals surface area contributed by atoms with E-state index in [1.807, 2.05) is 18.2 Å². The molecule has 0 spiro atoms. The number of likely N-dealkylation sites (tertiary alicyclic amines) is 1. The number of rotatable bonds is 6. The third-order valence-corrected chi connectivity index (χ3v) is 5.23. The lowest BCUT2D eigenvalue weighted by Crippen LogP contribution is -2.29. The highest BCUT2D eigenvalue weighted by atomic mass is 16.5. The summed E-state index contributed by atoms with van der Waals surface area (Å²) in [5, 5.41) is 11.3. The molecule has 1 aliphatic rings. The SMILES string of the molecule is COc1cccc(OC)c1/C(O)=C1\C(=O)C(=O)N(Cc2ccco2)C1c1ccccc1. The summed E-state index contributed by atoms with van der Waals surface area (Å²) in [5.74, 6) is -0.700. The molecule has 1 unspecified atom stereocenters. The zero-order valence-corrected chi connectivity index (χ0v) is 17.1. The van der Waals surface area contributed by atoms with Crippen molar-refractivity contribution in [2.24, 2.45) is 0 Å². The minimum Gasteiger partial charge on any atom is -0.506 e. The Balaban J connectivity index is 1.93. The first kappa shape index (κ1) is 20.3. The molecule has 1 fully saturated rings. The van der Waals surface area contributed by atoms with E-state index < -0.39 is 17.7 Å². The van der Waals surface area contributed by atoms with E-state index in [2.05, 4.69) is 0 Å². The number of amides is 1. The van der Waals surface area contributed by atoms with Crippen LogP contribution in [0, 0.1) is 0 Å². The van der Waals surface area contributed by atoms with Gasteiger partial charge >= 0.3 is 0 Å². The van der Waals surface area contributed by atoms with Crippen molar-refractivity contribution >= 4 is 17.4 Å². The Bertz CT molecular complexity index is 1110. The van der Waals surface area contributed by atoms with Gasteiger partial charge in [-0.1, -0.05) is 36.4 Å². The summed E-state index contributed by atoms with van der Waals surface area (Å²) in [6, 6.07) is 16.7. The quantitative estimate of drug-likeness (QED) is 0.370. The number of benzene rings is 2. The van der Waals surface area contributed by atoms with Crippen LogP contribution in [0.1, 0.15) is 22.9 Å². The van der Waals surface area contributed by atoms with Crippen LogP contribution in [0.3, 0.4) is 0 Å². The topological polar surface area (TPSA) is 89.2 Å². The third kappa shape index (κ3) is 3.54. The predicted molar refractivity (Wildman–Crippen MR) is 113 cm³/mol. The van der Waals surface area contributed by atoms with E-state index in [4.69, 9.17) is 13.9 Å². The van der Waals surface area contributed by atoms with E-state index in [-0.39, 0.29) is 23.4 Å². The van der Waals surface area contributed by atoms with Gasteiger partial charge in [-0.05, 0) is 29.8 Å². The summed E-state index contributed by atoms with van der Waals surface area (Å²) in [7, 11) is 2.91. The number of hydrogen-bond acceptors (Lipinski definition) is 6. The van der Waals surface area contributed by atoms with Crippen molar-refractivity contribution in [1.82, 2.24) is 4.90 Å². The Hall–Kier alpha value is -4.00. The molecule has 4 rings (SSSR count). The van der Waals surface area contributed by atoms with E-state index in [1.165, 1.54) is 25.4 Å². The van der Waals surface area contributed by atoms with Crippen LogP contribution < -0.4 is 9.47 Å². The fraction of sp³-hybridized carbons (Fsp3) is 0.167. The number of ether oxygens (including phenoxy) is 2. The van der Waals surface area contributed by atoms with Gasteiger partial charge in [-0.3, -0.25) is 9.59 Å². The Morgan fingerprint density at radius 3 is 2.23 bits per heavy atom. The molecule has 1 atom stereocenters. The molecule has 2 heterocycles. The van der Waals surface area contributed by atoms with Crippen LogP contribution in [0.5, 0.6) is 11.5 Å². The van der Waals surface area contributed by atoms with Gasteiger partial charge in [-0.15, -0.1) is 0 Å². The van der Waals surface area contributed by atoms with Crippen LogP contribution in [0.15, 0.2) is 76.9 Å². The smallest absolute Gasteiger partial charge is 0.296 e. The summed E-state index contributed by atoms with van der Waals surface area (Å²) in [6.45, 7) is 0.0803. The molecule has 2 aromatic carbocycles. The maximum Gasteiger partial charge on any atom is 0.296 e. The van der Waals surface area contributed by atoms with Crippen LogP contribution in [0.25, 0.3) is 5.76 Å². The van der Waals surface area contributed by atoms with Gasteiger partial charge in [0.05, 0.1) is 38.6 Å². The first-order chi connectivity index (χ1) is 15.1. The third-order valence-electron chi connectivity index (χ3n) is 5.23. The molecular formula is C24H21NO6. The minimum atomic E-state index is -0.805. The van der Waals surface area contributed by atoms with Crippen LogP contribution in [-0.4, -0.2) is 35.9 Å². The van der Waals surface area contributed by atoms with Gasteiger partial charge in [0.1, 0.15) is 28.6 Å². The highest BCUT2D eigenvalue weighted by molar-refractivity contribution is 6.46. The predicted octanol–water partition coefficient (Wildman–Crippen LogP) is 3.92. The van der Waals surface area contributed by atoms with Crippen molar-refractivity contribution in [3.63, 3.8) is 0 Å². The summed E-state index contributed by atoms with van der Waals surface area (Å²) in [5.41, 5.74) is 0.860. The average molecular weight is 419 g/mol. The lowest BCUT2D eigenvalue weighted by Gasteiger charge is -2.24. The second-order valence-electron chi connectivity index (χ2n) is 6.95. The van der Waals surface area contributed by atoms with Gasteiger partial charge in [-0.2, -0.15) is 0 Å². The van der Waals surface area contributed by atoms with Crippen molar-refractivity contribution in [3.8, 4) is 11.5 Å². The molecule has 3 aromatic rings. The van der Waals surface area contributed by atoms with E-state index in [9.17, 15) is 14.7 Å². The summed E-state index contributed by atoms with van der Waals surface area (Å²) in [6.07, 6.45) is 1.50. The van der Waals surface area contributed by atoms with Gasteiger partial charge in [0.25, 0.3) is 11.7 Å². The number of aliphatic hydroxyl groups is 1. The number of methoxy groups -OCH3 is 2. The number of nitrogens with zero attached hydrogens (tertiary/aromatic N) is 1. The second-order valence-corrected chi connectivity index (χ2v) is 6.95. The second kappa shape index (κ2) is 8.39. The first-order valence-corrected chi connectivity index (χ1v) is 9.64.